The second-order valence-corrected chi connectivity index (χ2v) is 13.0. The van der Waals surface area contributed by atoms with Gasteiger partial charge in [0.05, 0.1) is 23.1 Å². The van der Waals surface area contributed by atoms with Crippen molar-refractivity contribution in [2.45, 2.75) is 64.1 Å². The fourth-order valence-electron chi connectivity index (χ4n) is 7.13. The lowest BCUT2D eigenvalue weighted by atomic mass is 9.91. The Morgan fingerprint density at radius 2 is 1.04 bits per heavy atom. The van der Waals surface area contributed by atoms with Gasteiger partial charge >= 0.3 is 6.03 Å². The van der Waals surface area contributed by atoms with Crippen molar-refractivity contribution in [2.75, 3.05) is 23.7 Å². The van der Waals surface area contributed by atoms with Gasteiger partial charge < -0.3 is 30.6 Å². The summed E-state index contributed by atoms with van der Waals surface area (Å²) in [6.07, 6.45) is -1.69. The molecule has 2 amide bonds. The Bertz CT molecular complexity index is 1900. The third-order valence-corrected chi connectivity index (χ3v) is 9.65. The average Bonchev–Trinajstić information content (AvgIpc) is 3.73. The Kier molecular flexibility index (Phi) is 9.68. The van der Waals surface area contributed by atoms with Crippen LogP contribution >= 0.6 is 0 Å². The van der Waals surface area contributed by atoms with Gasteiger partial charge in [0.15, 0.2) is 11.6 Å². The number of nitrogens with one attached hydrogen (secondary N) is 4. The van der Waals surface area contributed by atoms with Crippen molar-refractivity contribution in [3.8, 4) is 0 Å². The Morgan fingerprint density at radius 3 is 1.44 bits per heavy atom. The summed E-state index contributed by atoms with van der Waals surface area (Å²) in [6.45, 7) is 5.94. The van der Waals surface area contributed by atoms with E-state index >= 15 is 4.79 Å². The number of amides is 2. The molecule has 0 radical (unpaired) electrons. The fourth-order valence-corrected chi connectivity index (χ4v) is 7.13. The highest BCUT2D eigenvalue weighted by molar-refractivity contribution is 5.91. The summed E-state index contributed by atoms with van der Waals surface area (Å²) in [7, 11) is 0. The van der Waals surface area contributed by atoms with Crippen LogP contribution in [0.25, 0.3) is 21.8 Å². The molecule has 0 bridgehead atoms. The largest absolute Gasteiger partial charge is 0.388 e. The van der Waals surface area contributed by atoms with Crippen LogP contribution in [0, 0.1) is 0 Å². The Morgan fingerprint density at radius 1 is 0.620 bits per heavy atom. The van der Waals surface area contributed by atoms with Crippen LogP contribution in [0.5, 0.6) is 0 Å². The zero-order valence-electron chi connectivity index (χ0n) is 28.4. The van der Waals surface area contributed by atoms with E-state index < -0.39 is 24.3 Å². The van der Waals surface area contributed by atoms with Crippen LogP contribution in [0.4, 0.5) is 16.4 Å². The lowest BCUT2D eigenvalue weighted by Gasteiger charge is -2.36. The van der Waals surface area contributed by atoms with Gasteiger partial charge in [0.1, 0.15) is 12.2 Å². The second kappa shape index (κ2) is 14.6. The minimum absolute atomic E-state index is 0.229. The maximum absolute atomic E-state index is 15.2. The van der Waals surface area contributed by atoms with E-state index in [1.807, 2.05) is 111 Å². The van der Waals surface area contributed by atoms with Crippen LogP contribution in [0.1, 0.15) is 36.1 Å². The number of hydrogen-bond donors (Lipinski definition) is 6. The number of fused-ring (bicyclic) bond motifs is 2. The van der Waals surface area contributed by atoms with Gasteiger partial charge in [0.25, 0.3) is 0 Å². The molecule has 0 saturated carbocycles. The highest BCUT2D eigenvalue weighted by Gasteiger charge is 2.46. The number of aromatic nitrogens is 4. The molecule has 1 aliphatic rings. The Balaban J connectivity index is 1.32. The molecule has 4 aromatic carbocycles. The zero-order chi connectivity index (χ0) is 34.6. The number of hydrogen-bond acceptors (Lipinski definition) is 7. The summed E-state index contributed by atoms with van der Waals surface area (Å²) in [6, 6.07) is 30.0. The van der Waals surface area contributed by atoms with Crippen molar-refractivity contribution in [1.82, 2.24) is 30.2 Å². The van der Waals surface area contributed by atoms with Crippen molar-refractivity contribution in [3.63, 3.8) is 0 Å². The zero-order valence-corrected chi connectivity index (χ0v) is 28.4. The lowest BCUT2D eigenvalue weighted by molar-refractivity contribution is -0.0408. The van der Waals surface area contributed by atoms with Crippen LogP contribution < -0.4 is 10.6 Å². The molecule has 7 rings (SSSR count). The van der Waals surface area contributed by atoms with E-state index in [-0.39, 0.29) is 19.1 Å². The number of rotatable bonds is 12. The molecule has 11 nitrogen and oxygen atoms in total. The number of H-pyrrole nitrogens is 2. The number of aliphatic hydroxyl groups excluding tert-OH is 2. The number of urea groups is 1. The predicted molar refractivity (Wildman–Crippen MR) is 197 cm³/mol. The molecule has 1 saturated heterocycles. The molecular weight excluding hydrogens is 628 g/mol. The van der Waals surface area contributed by atoms with Crippen LogP contribution in [0.2, 0.25) is 0 Å². The molecule has 1 aliphatic heterocycles. The molecule has 6 N–H and O–H groups in total. The standard InChI is InChI=1S/C39H44N8O3/c1-3-40-37-29-19-27(15-17-31(29)42-44-37)23-46-33(21-25-11-7-5-8-12-25)35(48)36(49)34(22-26-13-9-6-10-14-26)47(39(46)50)24-28-16-18-32-30(20-28)38(41-4-2)45-43-32/h5-20,33-36,48-49H,3-4,21-24H2,1-2H3,(H2,40,42,44)(H2,41,43,45)/t33-,34-,35+,36+/m1/s1. The van der Waals surface area contributed by atoms with E-state index in [4.69, 9.17) is 0 Å². The third kappa shape index (κ3) is 6.74. The normalized spacial score (nSPS) is 19.6. The highest BCUT2D eigenvalue weighted by atomic mass is 16.3. The van der Waals surface area contributed by atoms with Gasteiger partial charge in [0.2, 0.25) is 0 Å². The molecule has 6 aromatic rings. The van der Waals surface area contributed by atoms with Gasteiger partial charge in [-0.1, -0.05) is 72.8 Å². The summed E-state index contributed by atoms with van der Waals surface area (Å²) >= 11 is 0. The first-order valence-corrected chi connectivity index (χ1v) is 17.4. The minimum Gasteiger partial charge on any atom is -0.388 e. The van der Waals surface area contributed by atoms with Gasteiger partial charge in [-0.15, -0.1) is 0 Å². The average molecular weight is 673 g/mol. The van der Waals surface area contributed by atoms with Crippen molar-refractivity contribution >= 4 is 39.5 Å². The number of carbonyl (C=O) groups excluding carboxylic acids is 1. The smallest absolute Gasteiger partial charge is 0.321 e. The molecule has 0 unspecified atom stereocenters. The van der Waals surface area contributed by atoms with Crippen molar-refractivity contribution in [1.29, 1.82) is 0 Å². The molecule has 0 spiro atoms. The van der Waals surface area contributed by atoms with Gasteiger partial charge in [-0.05, 0) is 73.2 Å². The molecule has 0 aliphatic carbocycles. The van der Waals surface area contributed by atoms with E-state index in [1.54, 1.807) is 9.80 Å². The molecular formula is C39H44N8O3. The molecule has 1 fully saturated rings. The molecule has 2 aromatic heterocycles. The molecule has 50 heavy (non-hydrogen) atoms. The SMILES string of the molecule is CCNc1n[nH]c2ccc(CN3C(=O)N(Cc4ccc5[nH]nc(NCC)c5c4)[C@H](Cc4ccccc4)[C@H](O)[C@@H](O)[C@H]3Cc3ccccc3)cc12. The lowest BCUT2D eigenvalue weighted by Crippen LogP contribution is -2.50. The highest BCUT2D eigenvalue weighted by Crippen LogP contribution is 2.32. The number of carbonyl (C=O) groups is 1. The maximum atomic E-state index is 15.2. The van der Waals surface area contributed by atoms with Crippen LogP contribution in [0.3, 0.4) is 0 Å². The van der Waals surface area contributed by atoms with Crippen molar-refractivity contribution in [2.24, 2.45) is 0 Å². The van der Waals surface area contributed by atoms with Gasteiger partial charge in [-0.25, -0.2) is 4.79 Å². The second-order valence-electron chi connectivity index (χ2n) is 13.0. The fraction of sp³-hybridized carbons (Fsp3) is 0.308. The van der Waals surface area contributed by atoms with Crippen LogP contribution in [0.15, 0.2) is 97.1 Å². The van der Waals surface area contributed by atoms with Gasteiger partial charge in [-0.3, -0.25) is 10.2 Å². The quantitative estimate of drug-likeness (QED) is 0.0981. The van der Waals surface area contributed by atoms with E-state index in [0.717, 1.165) is 68.8 Å². The number of aromatic amines is 2. The molecule has 4 atom stereocenters. The number of nitrogens with zero attached hydrogens (tertiary/aromatic N) is 4. The van der Waals surface area contributed by atoms with Gasteiger partial charge in [-0.2, -0.15) is 10.2 Å². The molecule has 3 heterocycles. The number of aliphatic hydroxyl groups is 2. The summed E-state index contributed by atoms with van der Waals surface area (Å²) in [4.78, 5) is 18.7. The van der Waals surface area contributed by atoms with E-state index in [1.165, 1.54) is 0 Å². The number of benzene rings is 4. The maximum Gasteiger partial charge on any atom is 0.321 e. The van der Waals surface area contributed by atoms with Crippen molar-refractivity contribution in [3.05, 3.63) is 119 Å². The third-order valence-electron chi connectivity index (χ3n) is 9.65. The summed E-state index contributed by atoms with van der Waals surface area (Å²) in [5.41, 5.74) is 5.50. The van der Waals surface area contributed by atoms with E-state index in [2.05, 4.69) is 31.0 Å². The Hall–Kier alpha value is -5.39. The minimum atomic E-state index is -1.22. The van der Waals surface area contributed by atoms with Gasteiger partial charge in [0, 0.05) is 37.0 Å². The first-order chi connectivity index (χ1) is 24.4. The topological polar surface area (TPSA) is 145 Å². The van der Waals surface area contributed by atoms with Crippen LogP contribution in [-0.2, 0) is 25.9 Å². The monoisotopic (exact) mass is 672 g/mol. The Labute approximate surface area is 291 Å². The summed E-state index contributed by atoms with van der Waals surface area (Å²) < 4.78 is 0. The molecule has 11 heteroatoms. The summed E-state index contributed by atoms with van der Waals surface area (Å²) in [5.74, 6) is 1.50. The first-order valence-electron chi connectivity index (χ1n) is 17.4. The number of anilines is 2. The first kappa shape index (κ1) is 33.1. The van der Waals surface area contributed by atoms with E-state index in [0.29, 0.717) is 12.8 Å². The summed E-state index contributed by atoms with van der Waals surface area (Å²) in [5, 5.41) is 47.7. The predicted octanol–water partition coefficient (Wildman–Crippen LogP) is 5.69. The van der Waals surface area contributed by atoms with Crippen molar-refractivity contribution < 1.29 is 15.0 Å². The van der Waals surface area contributed by atoms with E-state index in [9.17, 15) is 10.2 Å². The van der Waals surface area contributed by atoms with Crippen LogP contribution in [-0.4, -0.2) is 83.8 Å². The molecule has 258 valence electrons.